The van der Waals surface area contributed by atoms with Gasteiger partial charge in [0.1, 0.15) is 0 Å². The van der Waals surface area contributed by atoms with E-state index in [-0.39, 0.29) is 6.71 Å². The fraction of sp³-hybridized carbons (Fsp3) is 0. The van der Waals surface area contributed by atoms with E-state index in [0.717, 1.165) is 0 Å². The van der Waals surface area contributed by atoms with Crippen molar-refractivity contribution in [2.75, 3.05) is 0 Å². The van der Waals surface area contributed by atoms with Gasteiger partial charge in [0, 0.05) is 84.2 Å². The summed E-state index contributed by atoms with van der Waals surface area (Å²) in [5.41, 5.74) is 16.6. The summed E-state index contributed by atoms with van der Waals surface area (Å²) in [5, 5.41) is 26.0. The minimum absolute atomic E-state index is 0.111. The Labute approximate surface area is 482 Å². The molecule has 0 saturated heterocycles. The molecule has 0 unspecified atom stereocenters. The van der Waals surface area contributed by atoms with Crippen LogP contribution in [0.2, 0.25) is 0 Å². The Kier molecular flexibility index (Phi) is 8.16. The second kappa shape index (κ2) is 15.5. The molecule has 0 N–H and O–H groups in total. The Morgan fingerprint density at radius 2 is 0.687 bits per heavy atom. The maximum atomic E-state index is 2.73. The SMILES string of the molecule is c1cc2c3c(c1)-n1c4c(c5c6ccccc6c6ccccc6c5cc4c4ccc5c6ccccc6c6ccccc6c5c41)B3c1cc(-c3ccc4c(c3)sc3ccccc34)cc3c4cc(-c5ccc6c(c5)sc5ccccc56)ccc4n-2c13. The number of aromatic nitrogens is 2. The van der Waals surface area contributed by atoms with Gasteiger partial charge >= 0.3 is 0 Å². The highest BCUT2D eigenvalue weighted by Gasteiger charge is 2.43. The normalized spacial score (nSPS) is 13.0. The molecule has 0 aliphatic carbocycles. The molecule has 0 saturated carbocycles. The Morgan fingerprint density at radius 1 is 0.241 bits per heavy atom. The third kappa shape index (κ3) is 5.46. The molecule has 2 aliphatic heterocycles. The summed E-state index contributed by atoms with van der Waals surface area (Å²) < 4.78 is 10.7. The number of benzene rings is 15. The van der Waals surface area contributed by atoms with Crippen molar-refractivity contribution in [3.05, 3.63) is 249 Å². The van der Waals surface area contributed by atoms with Gasteiger partial charge in [0.15, 0.2) is 0 Å². The first-order chi connectivity index (χ1) is 41.2. The van der Waals surface area contributed by atoms with E-state index in [1.165, 1.54) is 199 Å². The van der Waals surface area contributed by atoms with Crippen molar-refractivity contribution in [1.29, 1.82) is 0 Å². The summed E-state index contributed by atoms with van der Waals surface area (Å²) in [6.07, 6.45) is 0. The molecule has 21 rings (SSSR count). The van der Waals surface area contributed by atoms with E-state index in [2.05, 4.69) is 258 Å². The van der Waals surface area contributed by atoms with E-state index >= 15 is 0 Å². The first-order valence-corrected chi connectivity index (χ1v) is 30.5. The van der Waals surface area contributed by atoms with E-state index < -0.39 is 0 Å². The Bertz CT molecular complexity index is 6230. The van der Waals surface area contributed by atoms with Gasteiger partial charge < -0.3 is 9.13 Å². The fourth-order valence-corrected chi connectivity index (χ4v) is 18.4. The molecule has 15 aromatic carbocycles. The monoisotopic (exact) mass is 1080 g/mol. The lowest BCUT2D eigenvalue weighted by Gasteiger charge is -2.35. The highest BCUT2D eigenvalue weighted by atomic mass is 32.1. The molecule has 0 bridgehead atoms. The molecule has 6 heterocycles. The van der Waals surface area contributed by atoms with Crippen LogP contribution in [0.4, 0.5) is 0 Å². The average Bonchev–Trinajstić information content (AvgIpc) is 1.71. The molecule has 2 nitrogen and oxygen atoms in total. The average molecular weight is 1080 g/mol. The lowest BCUT2D eigenvalue weighted by Crippen LogP contribution is -2.59. The van der Waals surface area contributed by atoms with Crippen LogP contribution >= 0.6 is 22.7 Å². The fourth-order valence-electron chi connectivity index (χ4n) is 16.1. The molecule has 2 aliphatic rings. The first kappa shape index (κ1) is 43.7. The van der Waals surface area contributed by atoms with Crippen LogP contribution in [0.15, 0.2) is 249 Å². The van der Waals surface area contributed by atoms with E-state index in [0.29, 0.717) is 0 Å². The summed E-state index contributed by atoms with van der Waals surface area (Å²) >= 11 is 3.79. The zero-order valence-corrected chi connectivity index (χ0v) is 46.1. The van der Waals surface area contributed by atoms with Gasteiger partial charge in [-0.3, -0.25) is 0 Å². The quantitative estimate of drug-likeness (QED) is 0.121. The molecule has 0 atom stereocenters. The van der Waals surface area contributed by atoms with Crippen molar-refractivity contribution in [1.82, 2.24) is 9.13 Å². The van der Waals surface area contributed by atoms with Gasteiger partial charge in [-0.25, -0.2) is 0 Å². The molecule has 4 aromatic heterocycles. The number of nitrogens with zero attached hydrogens (tertiary/aromatic N) is 2. The Morgan fingerprint density at radius 3 is 1.33 bits per heavy atom. The Hall–Kier alpha value is -10.0. The summed E-state index contributed by atoms with van der Waals surface area (Å²) in [5.74, 6) is 0. The lowest BCUT2D eigenvalue weighted by atomic mass is 9.33. The summed E-state index contributed by atoms with van der Waals surface area (Å²) in [6, 6.07) is 95.7. The number of fused-ring (bicyclic) bond motifs is 30. The van der Waals surface area contributed by atoms with Crippen molar-refractivity contribution < 1.29 is 0 Å². The second-order valence-electron chi connectivity index (χ2n) is 23.3. The van der Waals surface area contributed by atoms with Gasteiger partial charge in [-0.1, -0.05) is 188 Å². The first-order valence-electron chi connectivity index (χ1n) is 28.8. The largest absolute Gasteiger partial charge is 0.310 e. The topological polar surface area (TPSA) is 9.86 Å². The molecule has 19 aromatic rings. The standard InChI is InChI=1S/C78H41BN2S2/c1-3-18-50-46(14-1)49-17-6-8-23-57(49)73-58(50)33-34-59-63-41-61-51-19-4-2-15-47(51)48-16-5-7-22-56(48)72(61)75-78(63)81(77(59)73)67-25-13-24-66-74(67)79(75)64-38-45(44-29-32-55-53-21-10-12-27-69(53)83-71(55)40-44)37-62-60-36-42(30-35-65(60)80(66)76(62)64)43-28-31-54-52-20-9-11-26-68(52)82-70(54)39-43/h1-41H. The third-order valence-electron chi connectivity index (χ3n) is 19.4. The van der Waals surface area contributed by atoms with E-state index in [1.807, 2.05) is 22.7 Å². The molecule has 83 heavy (non-hydrogen) atoms. The van der Waals surface area contributed by atoms with Crippen LogP contribution in [0, 0.1) is 0 Å². The predicted octanol–water partition coefficient (Wildman–Crippen LogP) is 20.0. The highest BCUT2D eigenvalue weighted by Crippen LogP contribution is 2.49. The van der Waals surface area contributed by atoms with E-state index in [9.17, 15) is 0 Å². The maximum absolute atomic E-state index is 2.73. The minimum Gasteiger partial charge on any atom is -0.310 e. The zero-order chi connectivity index (χ0) is 53.5. The van der Waals surface area contributed by atoms with Crippen LogP contribution in [-0.2, 0) is 0 Å². The number of hydrogen-bond acceptors (Lipinski definition) is 2. The smallest absolute Gasteiger partial charge is 0.253 e. The Balaban J connectivity index is 0.953. The minimum atomic E-state index is -0.111. The molecular formula is C78H41BN2S2. The van der Waals surface area contributed by atoms with Crippen LogP contribution < -0.4 is 16.4 Å². The summed E-state index contributed by atoms with van der Waals surface area (Å²) in [4.78, 5) is 0. The van der Waals surface area contributed by atoms with Gasteiger partial charge in [-0.15, -0.1) is 22.7 Å². The molecule has 378 valence electrons. The molecule has 0 spiro atoms. The maximum Gasteiger partial charge on any atom is 0.253 e. The van der Waals surface area contributed by atoms with Crippen LogP contribution in [0.3, 0.4) is 0 Å². The van der Waals surface area contributed by atoms with Crippen molar-refractivity contribution >= 4 is 194 Å². The van der Waals surface area contributed by atoms with Gasteiger partial charge in [0.05, 0.1) is 16.6 Å². The van der Waals surface area contributed by atoms with Gasteiger partial charge in [0.2, 0.25) is 0 Å². The van der Waals surface area contributed by atoms with Crippen molar-refractivity contribution in [2.45, 2.75) is 0 Å². The van der Waals surface area contributed by atoms with Gasteiger partial charge in [-0.05, 0) is 159 Å². The molecule has 0 radical (unpaired) electrons. The van der Waals surface area contributed by atoms with Crippen molar-refractivity contribution in [3.63, 3.8) is 0 Å². The second-order valence-corrected chi connectivity index (χ2v) is 25.5. The third-order valence-corrected chi connectivity index (χ3v) is 21.7. The molecule has 0 fully saturated rings. The number of rotatable bonds is 2. The van der Waals surface area contributed by atoms with E-state index in [4.69, 9.17) is 0 Å². The van der Waals surface area contributed by atoms with Crippen molar-refractivity contribution in [3.8, 4) is 33.6 Å². The van der Waals surface area contributed by atoms with Gasteiger partial charge in [-0.2, -0.15) is 0 Å². The molecule has 5 heteroatoms. The van der Waals surface area contributed by atoms with Crippen LogP contribution in [0.1, 0.15) is 0 Å². The van der Waals surface area contributed by atoms with E-state index in [1.54, 1.807) is 0 Å². The molecule has 0 amide bonds. The number of thiophene rings is 2. The number of hydrogen-bond donors (Lipinski definition) is 0. The van der Waals surface area contributed by atoms with Crippen LogP contribution in [-0.4, -0.2) is 15.8 Å². The van der Waals surface area contributed by atoms with Crippen LogP contribution in [0.25, 0.3) is 182 Å². The zero-order valence-electron chi connectivity index (χ0n) is 44.5. The summed E-state index contributed by atoms with van der Waals surface area (Å²) in [7, 11) is 0. The lowest BCUT2D eigenvalue weighted by molar-refractivity contribution is 1.15. The van der Waals surface area contributed by atoms with Crippen LogP contribution in [0.5, 0.6) is 0 Å². The summed E-state index contributed by atoms with van der Waals surface area (Å²) in [6.45, 7) is -0.111. The highest BCUT2D eigenvalue weighted by molar-refractivity contribution is 7.26. The predicted molar refractivity (Wildman–Crippen MR) is 361 cm³/mol. The van der Waals surface area contributed by atoms with Gasteiger partial charge in [0.25, 0.3) is 6.71 Å². The van der Waals surface area contributed by atoms with Crippen molar-refractivity contribution in [2.24, 2.45) is 0 Å². The molecular weight excluding hydrogens is 1040 g/mol.